The van der Waals surface area contributed by atoms with Crippen molar-refractivity contribution < 1.29 is 13.9 Å². The molecule has 0 aliphatic carbocycles. The summed E-state index contributed by atoms with van der Waals surface area (Å²) < 4.78 is 18.7. The molecular formula is C22H22FN5O2. The molecule has 8 heteroatoms. The summed E-state index contributed by atoms with van der Waals surface area (Å²) in [4.78, 5) is 23.4. The molecule has 1 amide bonds. The zero-order chi connectivity index (χ0) is 20.9. The first kappa shape index (κ1) is 19.8. The van der Waals surface area contributed by atoms with Gasteiger partial charge in [-0.05, 0) is 49.4 Å². The second kappa shape index (κ2) is 8.87. The highest BCUT2D eigenvalue weighted by atomic mass is 19.1. The number of morpholine rings is 1. The van der Waals surface area contributed by atoms with Gasteiger partial charge in [-0.25, -0.2) is 14.4 Å². The minimum Gasteiger partial charge on any atom is -0.378 e. The number of hydrogen-bond acceptors (Lipinski definition) is 6. The van der Waals surface area contributed by atoms with E-state index in [1.807, 2.05) is 25.1 Å². The lowest BCUT2D eigenvalue weighted by Gasteiger charge is -2.28. The van der Waals surface area contributed by atoms with E-state index in [2.05, 4.69) is 25.5 Å². The van der Waals surface area contributed by atoms with Gasteiger partial charge in [0, 0.05) is 36.1 Å². The molecule has 2 aromatic carbocycles. The van der Waals surface area contributed by atoms with Gasteiger partial charge in [0.05, 0.1) is 13.2 Å². The third kappa shape index (κ3) is 4.90. The molecule has 1 aliphatic rings. The smallest absolute Gasteiger partial charge is 0.255 e. The van der Waals surface area contributed by atoms with Crippen molar-refractivity contribution in [3.05, 3.63) is 71.8 Å². The molecule has 30 heavy (non-hydrogen) atoms. The van der Waals surface area contributed by atoms with E-state index in [0.29, 0.717) is 30.5 Å². The van der Waals surface area contributed by atoms with Crippen LogP contribution in [0.1, 0.15) is 16.2 Å². The lowest BCUT2D eigenvalue weighted by atomic mass is 10.2. The second-order valence-electron chi connectivity index (χ2n) is 6.92. The van der Waals surface area contributed by atoms with Crippen LogP contribution in [0.4, 0.5) is 27.4 Å². The average Bonchev–Trinajstić information content (AvgIpc) is 2.75. The zero-order valence-corrected chi connectivity index (χ0v) is 16.6. The van der Waals surface area contributed by atoms with Crippen LogP contribution in [0.5, 0.6) is 0 Å². The van der Waals surface area contributed by atoms with Crippen LogP contribution >= 0.6 is 0 Å². The maximum Gasteiger partial charge on any atom is 0.255 e. The van der Waals surface area contributed by atoms with Gasteiger partial charge in [0.1, 0.15) is 23.3 Å². The first-order valence-electron chi connectivity index (χ1n) is 9.69. The molecule has 0 bridgehead atoms. The van der Waals surface area contributed by atoms with Gasteiger partial charge in [-0.15, -0.1) is 0 Å². The SMILES string of the molecule is Cc1nc(Nc2ccc(NC(=O)c3cccc(F)c3)cc2)cc(N2CCOCC2)n1. The number of aryl methyl sites for hydroxylation is 1. The summed E-state index contributed by atoms with van der Waals surface area (Å²) in [6, 6.07) is 14.7. The van der Waals surface area contributed by atoms with Crippen molar-refractivity contribution in [3.8, 4) is 0 Å². The highest BCUT2D eigenvalue weighted by molar-refractivity contribution is 6.04. The fourth-order valence-electron chi connectivity index (χ4n) is 3.19. The number of halogens is 1. The van der Waals surface area contributed by atoms with E-state index in [1.165, 1.54) is 18.2 Å². The molecule has 1 saturated heterocycles. The molecule has 0 atom stereocenters. The normalized spacial score (nSPS) is 13.7. The van der Waals surface area contributed by atoms with E-state index in [4.69, 9.17) is 4.74 Å². The number of aromatic nitrogens is 2. The molecule has 7 nitrogen and oxygen atoms in total. The molecule has 2 heterocycles. The summed E-state index contributed by atoms with van der Waals surface area (Å²) in [5.41, 5.74) is 1.71. The van der Waals surface area contributed by atoms with Crippen LogP contribution in [0.15, 0.2) is 54.6 Å². The number of rotatable bonds is 5. The number of nitrogens with one attached hydrogen (secondary N) is 2. The Hall–Kier alpha value is -3.52. The molecule has 0 radical (unpaired) electrons. The summed E-state index contributed by atoms with van der Waals surface area (Å²) in [5, 5.41) is 6.03. The molecule has 0 unspecified atom stereocenters. The maximum absolute atomic E-state index is 13.3. The van der Waals surface area contributed by atoms with Crippen LogP contribution in [-0.2, 0) is 4.74 Å². The van der Waals surface area contributed by atoms with E-state index >= 15 is 0 Å². The zero-order valence-electron chi connectivity index (χ0n) is 16.6. The molecule has 0 spiro atoms. The number of hydrogen-bond donors (Lipinski definition) is 2. The van der Waals surface area contributed by atoms with Crippen molar-refractivity contribution >= 4 is 28.9 Å². The van der Waals surface area contributed by atoms with Gasteiger partial charge in [0.2, 0.25) is 0 Å². The number of carbonyl (C=O) groups excluding carboxylic acids is 1. The topological polar surface area (TPSA) is 79.4 Å². The summed E-state index contributed by atoms with van der Waals surface area (Å²) in [5.74, 6) is 1.43. The number of nitrogens with zero attached hydrogens (tertiary/aromatic N) is 3. The fourth-order valence-corrected chi connectivity index (χ4v) is 3.19. The van der Waals surface area contributed by atoms with E-state index < -0.39 is 5.82 Å². The number of amides is 1. The predicted molar refractivity (Wildman–Crippen MR) is 114 cm³/mol. The maximum atomic E-state index is 13.3. The summed E-state index contributed by atoms with van der Waals surface area (Å²) in [6.07, 6.45) is 0. The summed E-state index contributed by atoms with van der Waals surface area (Å²) in [7, 11) is 0. The van der Waals surface area contributed by atoms with E-state index in [-0.39, 0.29) is 11.5 Å². The van der Waals surface area contributed by atoms with Gasteiger partial charge in [-0.3, -0.25) is 4.79 Å². The molecule has 1 aromatic heterocycles. The molecule has 0 saturated carbocycles. The summed E-state index contributed by atoms with van der Waals surface area (Å²) >= 11 is 0. The van der Waals surface area contributed by atoms with Crippen molar-refractivity contribution in [1.82, 2.24) is 9.97 Å². The Balaban J connectivity index is 1.43. The molecule has 154 valence electrons. The Morgan fingerprint density at radius 3 is 2.50 bits per heavy atom. The molecule has 3 aromatic rings. The molecule has 1 fully saturated rings. The third-order valence-corrected chi connectivity index (χ3v) is 4.66. The van der Waals surface area contributed by atoms with Crippen molar-refractivity contribution in [2.45, 2.75) is 6.92 Å². The minimum atomic E-state index is -0.446. The van der Waals surface area contributed by atoms with Gasteiger partial charge in [-0.1, -0.05) is 6.07 Å². The van der Waals surface area contributed by atoms with Crippen LogP contribution in [0.2, 0.25) is 0 Å². The first-order valence-corrected chi connectivity index (χ1v) is 9.69. The van der Waals surface area contributed by atoms with Gasteiger partial charge in [0.25, 0.3) is 5.91 Å². The first-order chi connectivity index (χ1) is 14.6. The van der Waals surface area contributed by atoms with Crippen LogP contribution in [0, 0.1) is 12.7 Å². The van der Waals surface area contributed by atoms with Crippen LogP contribution in [0.3, 0.4) is 0 Å². The predicted octanol–water partition coefficient (Wildman–Crippen LogP) is 3.76. The number of benzene rings is 2. The third-order valence-electron chi connectivity index (χ3n) is 4.66. The average molecular weight is 407 g/mol. The monoisotopic (exact) mass is 407 g/mol. The standard InChI is InChI=1S/C22H22FN5O2/c1-15-24-20(14-21(25-15)28-9-11-30-12-10-28)26-18-5-7-19(8-6-18)27-22(29)16-3-2-4-17(23)13-16/h2-8,13-14H,9-12H2,1H3,(H,27,29)(H,24,25,26). The Kier molecular flexibility index (Phi) is 5.85. The van der Waals surface area contributed by atoms with Gasteiger partial charge in [-0.2, -0.15) is 0 Å². The van der Waals surface area contributed by atoms with E-state index in [9.17, 15) is 9.18 Å². The molecule has 1 aliphatic heterocycles. The van der Waals surface area contributed by atoms with Crippen LogP contribution in [-0.4, -0.2) is 42.2 Å². The summed E-state index contributed by atoms with van der Waals surface area (Å²) in [6.45, 7) is 4.84. The van der Waals surface area contributed by atoms with E-state index in [0.717, 1.165) is 24.6 Å². The number of ether oxygens (including phenoxy) is 1. The largest absolute Gasteiger partial charge is 0.378 e. The Morgan fingerprint density at radius 2 is 1.77 bits per heavy atom. The molecule has 4 rings (SSSR count). The number of carbonyl (C=O) groups is 1. The molecule has 2 N–H and O–H groups in total. The quantitative estimate of drug-likeness (QED) is 0.671. The highest BCUT2D eigenvalue weighted by Gasteiger charge is 2.14. The van der Waals surface area contributed by atoms with Gasteiger partial charge < -0.3 is 20.3 Å². The minimum absolute atomic E-state index is 0.268. The van der Waals surface area contributed by atoms with Crippen molar-refractivity contribution in [1.29, 1.82) is 0 Å². The van der Waals surface area contributed by atoms with Crippen LogP contribution < -0.4 is 15.5 Å². The lowest BCUT2D eigenvalue weighted by Crippen LogP contribution is -2.36. The van der Waals surface area contributed by atoms with Crippen molar-refractivity contribution in [3.63, 3.8) is 0 Å². The Bertz CT molecular complexity index is 1040. The lowest BCUT2D eigenvalue weighted by molar-refractivity contribution is 0.102. The Labute approximate surface area is 173 Å². The van der Waals surface area contributed by atoms with Crippen molar-refractivity contribution in [2.75, 3.05) is 41.8 Å². The Morgan fingerprint density at radius 1 is 1.03 bits per heavy atom. The number of anilines is 4. The van der Waals surface area contributed by atoms with Gasteiger partial charge >= 0.3 is 0 Å². The van der Waals surface area contributed by atoms with E-state index in [1.54, 1.807) is 18.2 Å². The van der Waals surface area contributed by atoms with Crippen molar-refractivity contribution in [2.24, 2.45) is 0 Å². The van der Waals surface area contributed by atoms with Crippen LogP contribution in [0.25, 0.3) is 0 Å². The second-order valence-corrected chi connectivity index (χ2v) is 6.92. The van der Waals surface area contributed by atoms with Gasteiger partial charge in [0.15, 0.2) is 0 Å². The molecular weight excluding hydrogens is 385 g/mol. The fraction of sp³-hybridized carbons (Fsp3) is 0.227. The highest BCUT2D eigenvalue weighted by Crippen LogP contribution is 2.22.